The first kappa shape index (κ1) is 23.4. The van der Waals surface area contributed by atoms with Gasteiger partial charge in [0, 0.05) is 6.92 Å². The highest BCUT2D eigenvalue weighted by Crippen LogP contribution is 2.32. The molecule has 0 saturated carbocycles. The second-order valence-electron chi connectivity index (χ2n) is 6.01. The van der Waals surface area contributed by atoms with E-state index in [1.165, 1.54) is 26.3 Å². The summed E-state index contributed by atoms with van der Waals surface area (Å²) in [4.78, 5) is 34.8. The molecule has 0 fully saturated rings. The molecule has 0 unspecified atom stereocenters. The molecule has 0 aliphatic carbocycles. The number of rotatable bonds is 11. The lowest BCUT2D eigenvalue weighted by molar-refractivity contribution is -0.159. The van der Waals surface area contributed by atoms with Crippen LogP contribution < -0.4 is 0 Å². The predicted molar refractivity (Wildman–Crippen MR) is 98.7 cm³/mol. The van der Waals surface area contributed by atoms with Crippen molar-refractivity contribution >= 4 is 26.0 Å². The Hall–Kier alpha value is -1.63. The third kappa shape index (κ3) is 7.02. The van der Waals surface area contributed by atoms with Crippen LogP contribution in [0.3, 0.4) is 0 Å². The van der Waals surface area contributed by atoms with Crippen molar-refractivity contribution < 1.29 is 28.6 Å². The topological polar surface area (TPSA) is 78.9 Å². The van der Waals surface area contributed by atoms with E-state index >= 15 is 0 Å². The van der Waals surface area contributed by atoms with Crippen molar-refractivity contribution in [3.8, 4) is 0 Å². The van der Waals surface area contributed by atoms with Crippen LogP contribution in [0, 0.1) is 5.92 Å². The lowest BCUT2D eigenvalue weighted by Crippen LogP contribution is -2.36. The van der Waals surface area contributed by atoms with Crippen molar-refractivity contribution in [3.05, 3.63) is 11.3 Å². The third-order valence-electron chi connectivity index (χ3n) is 5.00. The Labute approximate surface area is 151 Å². The molecule has 0 rings (SSSR count). The normalized spacial score (nSPS) is 12.0. The van der Waals surface area contributed by atoms with Gasteiger partial charge in [-0.05, 0) is 12.8 Å². The number of ether oxygens (including phenoxy) is 3. The van der Waals surface area contributed by atoms with Crippen molar-refractivity contribution in [2.45, 2.75) is 58.7 Å². The number of esters is 3. The Bertz CT molecular complexity index is 458. The van der Waals surface area contributed by atoms with Gasteiger partial charge in [-0.25, -0.2) is 0 Å². The molecule has 0 spiro atoms. The summed E-state index contributed by atoms with van der Waals surface area (Å²) in [6, 6.07) is 3.19. The van der Waals surface area contributed by atoms with Crippen molar-refractivity contribution in [3.63, 3.8) is 0 Å². The van der Waals surface area contributed by atoms with Crippen LogP contribution in [0.4, 0.5) is 0 Å². The van der Waals surface area contributed by atoms with Gasteiger partial charge >= 0.3 is 17.9 Å². The van der Waals surface area contributed by atoms with Gasteiger partial charge in [-0.2, -0.15) is 0 Å². The highest BCUT2D eigenvalue weighted by molar-refractivity contribution is 6.86. The fraction of sp³-hybridized carbons (Fsp3) is 0.722. The lowest BCUT2D eigenvalue weighted by Gasteiger charge is -2.32. The summed E-state index contributed by atoms with van der Waals surface area (Å²) in [5, 5.41) is 1.24. The van der Waals surface area contributed by atoms with Gasteiger partial charge in [-0.1, -0.05) is 50.2 Å². The molecule has 0 bridgehead atoms. The number of hydrogen-bond acceptors (Lipinski definition) is 6. The maximum Gasteiger partial charge on any atom is 0.320 e. The predicted octanol–water partition coefficient (Wildman–Crippen LogP) is 3.27. The zero-order valence-electron chi connectivity index (χ0n) is 16.3. The Balaban J connectivity index is 5.43. The van der Waals surface area contributed by atoms with Crippen molar-refractivity contribution in [2.24, 2.45) is 5.92 Å². The highest BCUT2D eigenvalue weighted by atomic mass is 28.3. The average Bonchev–Trinajstić information content (AvgIpc) is 2.62. The molecule has 0 atom stereocenters. The van der Waals surface area contributed by atoms with Gasteiger partial charge in [0.15, 0.2) is 5.92 Å². The van der Waals surface area contributed by atoms with E-state index in [9.17, 15) is 14.4 Å². The molecular formula is C18H32O6Si. The summed E-state index contributed by atoms with van der Waals surface area (Å²) in [5.41, 5.74) is 0. The molecule has 144 valence electrons. The van der Waals surface area contributed by atoms with E-state index in [4.69, 9.17) is 14.2 Å². The molecule has 6 nitrogen and oxygen atoms in total. The SMILES string of the molecule is CC[Si](CC)(CC)/C(=C\COC(C)=O)CCC(C(=O)OC)C(=O)OC. The van der Waals surface area contributed by atoms with Gasteiger partial charge in [0.25, 0.3) is 0 Å². The maximum absolute atomic E-state index is 11.9. The van der Waals surface area contributed by atoms with Crippen molar-refractivity contribution in [2.75, 3.05) is 20.8 Å². The fourth-order valence-electron chi connectivity index (χ4n) is 3.19. The molecule has 7 heteroatoms. The first-order valence-electron chi connectivity index (χ1n) is 8.80. The van der Waals surface area contributed by atoms with Crippen molar-refractivity contribution in [1.82, 2.24) is 0 Å². The van der Waals surface area contributed by atoms with Crippen LogP contribution in [0.5, 0.6) is 0 Å². The summed E-state index contributed by atoms with van der Waals surface area (Å²) in [6.45, 7) is 8.13. The molecule has 0 radical (unpaired) electrons. The Morgan fingerprint density at radius 2 is 1.44 bits per heavy atom. The smallest absolute Gasteiger partial charge is 0.320 e. The molecule has 0 amide bonds. The van der Waals surface area contributed by atoms with Gasteiger partial charge in [0.2, 0.25) is 0 Å². The van der Waals surface area contributed by atoms with Crippen LogP contribution in [0.2, 0.25) is 18.1 Å². The van der Waals surface area contributed by atoms with Crippen LogP contribution >= 0.6 is 0 Å². The molecule has 0 aliphatic heterocycles. The summed E-state index contributed by atoms with van der Waals surface area (Å²) in [5.74, 6) is -2.41. The van der Waals surface area contributed by atoms with Crippen LogP contribution in [0.25, 0.3) is 0 Å². The molecule has 0 aromatic heterocycles. The van der Waals surface area contributed by atoms with Gasteiger partial charge in [0.05, 0.1) is 22.3 Å². The Morgan fingerprint density at radius 3 is 1.80 bits per heavy atom. The Morgan fingerprint density at radius 1 is 0.960 bits per heavy atom. The number of allylic oxidation sites excluding steroid dienone is 1. The second-order valence-corrected chi connectivity index (χ2v) is 11.3. The van der Waals surface area contributed by atoms with Crippen LogP contribution in [0.15, 0.2) is 11.3 Å². The first-order valence-corrected chi connectivity index (χ1v) is 11.4. The van der Waals surface area contributed by atoms with Crippen LogP contribution in [0.1, 0.15) is 40.5 Å². The van der Waals surface area contributed by atoms with E-state index < -0.39 is 25.9 Å². The first-order chi connectivity index (χ1) is 11.8. The van der Waals surface area contributed by atoms with Crippen LogP contribution in [-0.4, -0.2) is 46.8 Å². The quantitative estimate of drug-likeness (QED) is 0.240. The fourth-order valence-corrected chi connectivity index (χ4v) is 7.24. The molecule has 0 aliphatic rings. The largest absolute Gasteiger partial charge is 0.468 e. The average molecular weight is 373 g/mol. The molecule has 25 heavy (non-hydrogen) atoms. The lowest BCUT2D eigenvalue weighted by atomic mass is 10.0. The summed E-state index contributed by atoms with van der Waals surface area (Å²) < 4.78 is 14.5. The molecule has 0 saturated heterocycles. The Kier molecular flexibility index (Phi) is 11.1. The maximum atomic E-state index is 11.9. The standard InChI is InChI=1S/C18H32O6Si/c1-7-25(8-2,9-3)15(12-13-24-14(4)19)10-11-16(17(20)22-5)18(21)23-6/h12,16H,7-11,13H2,1-6H3/b15-12-. The van der Waals surface area contributed by atoms with Crippen molar-refractivity contribution in [1.29, 1.82) is 0 Å². The monoisotopic (exact) mass is 372 g/mol. The molecule has 0 aromatic carbocycles. The minimum Gasteiger partial charge on any atom is -0.468 e. The van der Waals surface area contributed by atoms with E-state index in [1.54, 1.807) is 0 Å². The molecule has 0 heterocycles. The zero-order valence-corrected chi connectivity index (χ0v) is 17.3. The zero-order chi connectivity index (χ0) is 19.5. The number of carbonyl (C=O) groups excluding carboxylic acids is 3. The van der Waals surface area contributed by atoms with Gasteiger partial charge in [-0.3, -0.25) is 14.4 Å². The number of methoxy groups -OCH3 is 2. The van der Waals surface area contributed by atoms with Gasteiger partial charge in [0.1, 0.15) is 6.61 Å². The summed E-state index contributed by atoms with van der Waals surface area (Å²) >= 11 is 0. The van der Waals surface area contributed by atoms with Gasteiger partial charge in [-0.15, -0.1) is 0 Å². The highest BCUT2D eigenvalue weighted by Gasteiger charge is 2.34. The second kappa shape index (κ2) is 11.8. The summed E-state index contributed by atoms with van der Waals surface area (Å²) in [6.07, 6.45) is 2.90. The number of carbonyl (C=O) groups is 3. The molecule has 0 aromatic rings. The van der Waals surface area contributed by atoms with E-state index in [-0.39, 0.29) is 12.6 Å². The van der Waals surface area contributed by atoms with E-state index in [2.05, 4.69) is 20.8 Å². The van der Waals surface area contributed by atoms with E-state index in [0.29, 0.717) is 12.8 Å². The minimum absolute atomic E-state index is 0.223. The van der Waals surface area contributed by atoms with Crippen LogP contribution in [-0.2, 0) is 28.6 Å². The van der Waals surface area contributed by atoms with E-state index in [1.807, 2.05) is 6.08 Å². The third-order valence-corrected chi connectivity index (χ3v) is 10.9. The number of hydrogen-bond donors (Lipinski definition) is 0. The molecular weight excluding hydrogens is 340 g/mol. The van der Waals surface area contributed by atoms with E-state index in [0.717, 1.165) is 18.1 Å². The summed E-state index contributed by atoms with van der Waals surface area (Å²) in [7, 11) is 0.816. The van der Waals surface area contributed by atoms with Gasteiger partial charge < -0.3 is 14.2 Å². The molecule has 0 N–H and O–H groups in total. The minimum atomic E-state index is -1.71.